The van der Waals surface area contributed by atoms with Crippen LogP contribution in [0.3, 0.4) is 0 Å². The van der Waals surface area contributed by atoms with Crippen LogP contribution in [0, 0.1) is 10.8 Å². The van der Waals surface area contributed by atoms with Crippen molar-refractivity contribution in [3.05, 3.63) is 35.9 Å². The molecule has 0 saturated heterocycles. The molecule has 0 aliphatic rings. The van der Waals surface area contributed by atoms with E-state index in [2.05, 4.69) is 10.2 Å². The lowest BCUT2D eigenvalue weighted by Gasteiger charge is -2.27. The maximum atomic E-state index is 13.6. The number of rotatable bonds is 11. The Balaban J connectivity index is 2.88. The molecule has 32 heavy (non-hydrogen) atoms. The SMILES string of the molecule is C[C@H](NP(=O)(N[C@@H](C)C(=O)OCC(C)(C)C)OCc1ccccc1)C(=O)OCC(C)(C)C. The number of hydrogen-bond donors (Lipinski definition) is 2. The average molecular weight is 471 g/mol. The van der Waals surface area contributed by atoms with Crippen LogP contribution in [0.25, 0.3) is 0 Å². The largest absolute Gasteiger partial charge is 0.464 e. The van der Waals surface area contributed by atoms with Crippen molar-refractivity contribution in [3.8, 4) is 0 Å². The van der Waals surface area contributed by atoms with E-state index in [-0.39, 0.29) is 30.7 Å². The molecule has 8 nitrogen and oxygen atoms in total. The molecule has 9 heteroatoms. The summed E-state index contributed by atoms with van der Waals surface area (Å²) in [5.41, 5.74) is 0.390. The molecule has 0 radical (unpaired) electrons. The van der Waals surface area contributed by atoms with Crippen molar-refractivity contribution in [1.29, 1.82) is 0 Å². The van der Waals surface area contributed by atoms with Crippen LogP contribution in [0.2, 0.25) is 0 Å². The van der Waals surface area contributed by atoms with Gasteiger partial charge in [0.2, 0.25) is 0 Å². The molecule has 0 unspecified atom stereocenters. The summed E-state index contributed by atoms with van der Waals surface area (Å²) in [4.78, 5) is 24.8. The Morgan fingerprint density at radius 3 is 1.62 bits per heavy atom. The van der Waals surface area contributed by atoms with Crippen LogP contribution < -0.4 is 10.2 Å². The quantitative estimate of drug-likeness (QED) is 0.361. The highest BCUT2D eigenvalue weighted by Crippen LogP contribution is 2.40. The van der Waals surface area contributed by atoms with Gasteiger partial charge in [-0.1, -0.05) is 71.9 Å². The molecule has 1 aromatic rings. The fourth-order valence-corrected chi connectivity index (χ4v) is 4.08. The Morgan fingerprint density at radius 1 is 0.844 bits per heavy atom. The van der Waals surface area contributed by atoms with Gasteiger partial charge in [-0.25, -0.2) is 10.2 Å². The van der Waals surface area contributed by atoms with Crippen molar-refractivity contribution < 1.29 is 28.2 Å². The lowest BCUT2D eigenvalue weighted by Crippen LogP contribution is -2.43. The minimum absolute atomic E-state index is 0.0195. The molecular formula is C23H39N2O6P. The first-order valence-electron chi connectivity index (χ1n) is 10.8. The number of carbonyl (C=O) groups excluding carboxylic acids is 2. The zero-order valence-electron chi connectivity index (χ0n) is 20.6. The van der Waals surface area contributed by atoms with Gasteiger partial charge in [0, 0.05) is 0 Å². The molecule has 0 aliphatic carbocycles. The van der Waals surface area contributed by atoms with Crippen LogP contribution >= 0.6 is 7.67 Å². The highest BCUT2D eigenvalue weighted by atomic mass is 31.2. The normalized spacial score (nSPS) is 14.5. The second-order valence-electron chi connectivity index (χ2n) is 10.3. The van der Waals surface area contributed by atoms with Gasteiger partial charge in [0.15, 0.2) is 0 Å². The predicted octanol–water partition coefficient (Wildman–Crippen LogP) is 4.45. The minimum atomic E-state index is -3.84. The molecule has 0 aromatic heterocycles. The maximum absolute atomic E-state index is 13.6. The summed E-state index contributed by atoms with van der Waals surface area (Å²) in [5.74, 6) is -1.12. The Hall–Kier alpha value is -1.73. The van der Waals surface area contributed by atoms with Crippen molar-refractivity contribution in [2.75, 3.05) is 13.2 Å². The van der Waals surface area contributed by atoms with Crippen molar-refractivity contribution in [3.63, 3.8) is 0 Å². The van der Waals surface area contributed by atoms with Crippen molar-refractivity contribution >= 4 is 19.6 Å². The molecule has 0 heterocycles. The van der Waals surface area contributed by atoms with Gasteiger partial charge in [-0.15, -0.1) is 0 Å². The van der Waals surface area contributed by atoms with E-state index in [4.69, 9.17) is 14.0 Å². The fourth-order valence-electron chi connectivity index (χ4n) is 2.29. The first-order valence-corrected chi connectivity index (χ1v) is 12.4. The van der Waals surface area contributed by atoms with E-state index in [0.717, 1.165) is 5.56 Å². The number of esters is 2. The maximum Gasteiger partial charge on any atom is 0.342 e. The minimum Gasteiger partial charge on any atom is -0.464 e. The third-order valence-electron chi connectivity index (χ3n) is 3.99. The number of hydrogen-bond acceptors (Lipinski definition) is 6. The Bertz CT molecular complexity index is 744. The van der Waals surface area contributed by atoms with Crippen molar-refractivity contribution in [1.82, 2.24) is 10.2 Å². The molecule has 0 saturated carbocycles. The fraction of sp³-hybridized carbons (Fsp3) is 0.652. The summed E-state index contributed by atoms with van der Waals surface area (Å²) in [5, 5.41) is 5.40. The van der Waals surface area contributed by atoms with Crippen LogP contribution in [-0.4, -0.2) is 37.2 Å². The number of nitrogens with one attached hydrogen (secondary N) is 2. The molecule has 2 N–H and O–H groups in total. The Kier molecular flexibility index (Phi) is 10.6. The van der Waals surface area contributed by atoms with E-state index >= 15 is 0 Å². The molecule has 0 fully saturated rings. The molecule has 182 valence electrons. The van der Waals surface area contributed by atoms with Crippen molar-refractivity contribution in [2.45, 2.75) is 74.1 Å². The summed E-state index contributed by atoms with van der Waals surface area (Å²) in [6.45, 7) is 15.2. The Labute approximate surface area is 192 Å². The van der Waals surface area contributed by atoms with E-state index in [1.807, 2.05) is 71.9 Å². The van der Waals surface area contributed by atoms with E-state index in [9.17, 15) is 14.2 Å². The Morgan fingerprint density at radius 2 is 1.25 bits per heavy atom. The average Bonchev–Trinajstić information content (AvgIpc) is 2.68. The monoisotopic (exact) mass is 470 g/mol. The molecule has 2 atom stereocenters. The summed E-state index contributed by atoms with van der Waals surface area (Å²) in [7, 11) is -3.84. The van der Waals surface area contributed by atoms with Crippen LogP contribution in [0.4, 0.5) is 0 Å². The second kappa shape index (κ2) is 11.9. The van der Waals surface area contributed by atoms with Gasteiger partial charge in [0.25, 0.3) is 0 Å². The lowest BCUT2D eigenvalue weighted by molar-refractivity contribution is -0.148. The predicted molar refractivity (Wildman–Crippen MR) is 125 cm³/mol. The van der Waals surface area contributed by atoms with Gasteiger partial charge >= 0.3 is 19.6 Å². The number of carbonyl (C=O) groups is 2. The molecule has 0 amide bonds. The van der Waals surface area contributed by atoms with Crippen molar-refractivity contribution in [2.24, 2.45) is 10.8 Å². The zero-order valence-corrected chi connectivity index (χ0v) is 21.5. The number of ether oxygens (including phenoxy) is 2. The first-order chi connectivity index (χ1) is 14.6. The standard InChI is InChI=1S/C23H39N2O6P/c1-17(20(26)29-15-22(3,4)5)24-32(28,31-14-19-12-10-9-11-13-19)25-18(2)21(27)30-16-23(6,7)8/h9-13,17-18H,14-16H2,1-8H3,(H2,24,25,28)/t17-,18-/m0/s1. The van der Waals surface area contributed by atoms with Gasteiger partial charge in [-0.05, 0) is 30.2 Å². The van der Waals surface area contributed by atoms with Gasteiger partial charge in [0.05, 0.1) is 19.8 Å². The second-order valence-corrected chi connectivity index (χ2v) is 12.2. The highest BCUT2D eigenvalue weighted by molar-refractivity contribution is 7.54. The summed E-state index contributed by atoms with van der Waals surface area (Å²) in [6, 6.07) is 7.33. The third kappa shape index (κ3) is 11.8. The topological polar surface area (TPSA) is 103 Å². The third-order valence-corrected chi connectivity index (χ3v) is 5.93. The molecule has 1 aromatic carbocycles. The van der Waals surface area contributed by atoms with Gasteiger partial charge in [-0.3, -0.25) is 14.2 Å². The zero-order chi connectivity index (χ0) is 24.6. The first kappa shape index (κ1) is 28.3. The van der Waals surface area contributed by atoms with Crippen LogP contribution in [0.5, 0.6) is 0 Å². The van der Waals surface area contributed by atoms with Gasteiger partial charge in [-0.2, -0.15) is 0 Å². The van der Waals surface area contributed by atoms with Crippen LogP contribution in [0.1, 0.15) is 61.0 Å². The van der Waals surface area contributed by atoms with Crippen LogP contribution in [0.15, 0.2) is 30.3 Å². The van der Waals surface area contributed by atoms with Gasteiger partial charge < -0.3 is 14.0 Å². The molecule has 0 spiro atoms. The van der Waals surface area contributed by atoms with Gasteiger partial charge in [0.1, 0.15) is 12.1 Å². The number of benzene rings is 1. The van der Waals surface area contributed by atoms with E-state index in [1.165, 1.54) is 13.8 Å². The molecular weight excluding hydrogens is 431 g/mol. The molecule has 0 aliphatic heterocycles. The summed E-state index contributed by atoms with van der Waals surface area (Å²) in [6.07, 6.45) is 0. The summed E-state index contributed by atoms with van der Waals surface area (Å²) >= 11 is 0. The lowest BCUT2D eigenvalue weighted by atomic mass is 9.99. The molecule has 1 rings (SSSR count). The summed E-state index contributed by atoms with van der Waals surface area (Å²) < 4.78 is 29.8. The van der Waals surface area contributed by atoms with E-state index in [1.54, 1.807) is 0 Å². The van der Waals surface area contributed by atoms with Crippen LogP contribution in [-0.2, 0) is 34.8 Å². The van der Waals surface area contributed by atoms with E-state index < -0.39 is 31.7 Å². The smallest absolute Gasteiger partial charge is 0.342 e. The highest BCUT2D eigenvalue weighted by Gasteiger charge is 2.33. The molecule has 0 bridgehead atoms. The van der Waals surface area contributed by atoms with E-state index in [0.29, 0.717) is 0 Å².